The Morgan fingerprint density at radius 2 is 2.29 bits per heavy atom. The maximum Gasteiger partial charge on any atom is 0.326 e. The average Bonchev–Trinajstić information content (AvgIpc) is 2.96. The largest absolute Gasteiger partial charge is 0.480 e. The highest BCUT2D eigenvalue weighted by molar-refractivity contribution is 7.10. The summed E-state index contributed by atoms with van der Waals surface area (Å²) >= 11 is 1.53. The Labute approximate surface area is 104 Å². The van der Waals surface area contributed by atoms with E-state index in [-0.39, 0.29) is 11.9 Å². The third-order valence-corrected chi connectivity index (χ3v) is 3.78. The summed E-state index contributed by atoms with van der Waals surface area (Å²) < 4.78 is 0. The molecule has 1 aliphatic rings. The smallest absolute Gasteiger partial charge is 0.326 e. The topological polar surface area (TPSA) is 57.6 Å². The van der Waals surface area contributed by atoms with Gasteiger partial charge in [0, 0.05) is 10.9 Å². The van der Waals surface area contributed by atoms with Crippen LogP contribution in [0.25, 0.3) is 0 Å². The van der Waals surface area contributed by atoms with Crippen LogP contribution in [0.3, 0.4) is 0 Å². The van der Waals surface area contributed by atoms with Gasteiger partial charge >= 0.3 is 5.97 Å². The van der Waals surface area contributed by atoms with E-state index in [9.17, 15) is 9.59 Å². The molecule has 1 aliphatic carbocycles. The van der Waals surface area contributed by atoms with Crippen molar-refractivity contribution in [3.63, 3.8) is 0 Å². The van der Waals surface area contributed by atoms with E-state index in [2.05, 4.69) is 0 Å². The van der Waals surface area contributed by atoms with Crippen molar-refractivity contribution >= 4 is 23.2 Å². The number of carbonyl (C=O) groups excluding carboxylic acids is 1. The molecule has 17 heavy (non-hydrogen) atoms. The van der Waals surface area contributed by atoms with Crippen molar-refractivity contribution in [1.82, 2.24) is 4.90 Å². The van der Waals surface area contributed by atoms with Gasteiger partial charge in [-0.05, 0) is 31.2 Å². The molecule has 5 heteroatoms. The summed E-state index contributed by atoms with van der Waals surface area (Å²) in [5.41, 5.74) is 0. The van der Waals surface area contributed by atoms with Gasteiger partial charge in [0.25, 0.3) is 0 Å². The Balaban J connectivity index is 2.05. The molecule has 0 aromatic carbocycles. The molecule has 1 N–H and O–H groups in total. The summed E-state index contributed by atoms with van der Waals surface area (Å²) in [6.07, 6.45) is 2.16. The molecule has 4 nitrogen and oxygen atoms in total. The average molecular weight is 253 g/mol. The highest BCUT2D eigenvalue weighted by atomic mass is 32.1. The van der Waals surface area contributed by atoms with Crippen molar-refractivity contribution in [3.05, 3.63) is 22.4 Å². The van der Waals surface area contributed by atoms with Crippen molar-refractivity contribution in [2.24, 2.45) is 0 Å². The molecular formula is C12H15NO3S. The quantitative estimate of drug-likeness (QED) is 0.869. The summed E-state index contributed by atoms with van der Waals surface area (Å²) in [4.78, 5) is 25.6. The molecule has 0 spiro atoms. The number of hydrogen-bond donors (Lipinski definition) is 1. The molecule has 1 saturated carbocycles. The van der Waals surface area contributed by atoms with Crippen LogP contribution in [0.1, 0.15) is 24.6 Å². The molecule has 1 fully saturated rings. The molecule has 92 valence electrons. The van der Waals surface area contributed by atoms with Gasteiger partial charge in [0.15, 0.2) is 0 Å². The van der Waals surface area contributed by atoms with Crippen molar-refractivity contribution in [2.75, 3.05) is 0 Å². The third-order valence-electron chi connectivity index (χ3n) is 2.91. The van der Waals surface area contributed by atoms with Gasteiger partial charge in [-0.1, -0.05) is 6.07 Å². The van der Waals surface area contributed by atoms with Crippen LogP contribution in [0.4, 0.5) is 0 Å². The van der Waals surface area contributed by atoms with Gasteiger partial charge in [-0.2, -0.15) is 0 Å². The zero-order valence-corrected chi connectivity index (χ0v) is 10.4. The number of amides is 1. The van der Waals surface area contributed by atoms with Gasteiger partial charge in [0.2, 0.25) is 5.91 Å². The maximum atomic E-state index is 12.1. The van der Waals surface area contributed by atoms with Crippen LogP contribution in [0.15, 0.2) is 17.5 Å². The number of rotatable bonds is 5. The number of carboxylic acid groups (broad SMARTS) is 1. The van der Waals surface area contributed by atoms with Gasteiger partial charge < -0.3 is 10.0 Å². The molecule has 1 aromatic heterocycles. The fraction of sp³-hybridized carbons (Fsp3) is 0.500. The van der Waals surface area contributed by atoms with E-state index in [0.717, 1.165) is 17.7 Å². The van der Waals surface area contributed by atoms with E-state index in [1.807, 2.05) is 17.5 Å². The van der Waals surface area contributed by atoms with Gasteiger partial charge in [-0.3, -0.25) is 4.79 Å². The van der Waals surface area contributed by atoms with E-state index < -0.39 is 12.0 Å². The lowest BCUT2D eigenvalue weighted by atomic mass is 10.2. The molecule has 1 heterocycles. The van der Waals surface area contributed by atoms with Crippen LogP contribution in [-0.2, 0) is 16.0 Å². The Bertz CT molecular complexity index is 411. The molecule has 0 radical (unpaired) electrons. The second-order valence-electron chi connectivity index (χ2n) is 4.30. The highest BCUT2D eigenvalue weighted by Crippen LogP contribution is 2.29. The first-order valence-electron chi connectivity index (χ1n) is 5.66. The first kappa shape index (κ1) is 12.1. The van der Waals surface area contributed by atoms with Crippen LogP contribution < -0.4 is 0 Å². The molecule has 1 aromatic rings. The first-order chi connectivity index (χ1) is 8.09. The minimum atomic E-state index is -0.934. The monoisotopic (exact) mass is 253 g/mol. The first-order valence-corrected chi connectivity index (χ1v) is 6.54. The molecule has 1 unspecified atom stereocenters. The lowest BCUT2D eigenvalue weighted by molar-refractivity contribution is -0.149. The van der Waals surface area contributed by atoms with E-state index >= 15 is 0 Å². The van der Waals surface area contributed by atoms with Crippen molar-refractivity contribution in [3.8, 4) is 0 Å². The number of nitrogens with zero attached hydrogens (tertiary/aromatic N) is 1. The molecule has 0 bridgehead atoms. The normalized spacial score (nSPS) is 16.5. The van der Waals surface area contributed by atoms with Gasteiger partial charge in [-0.25, -0.2) is 4.79 Å². The lowest BCUT2D eigenvalue weighted by Crippen LogP contribution is -2.45. The van der Waals surface area contributed by atoms with Crippen molar-refractivity contribution in [1.29, 1.82) is 0 Å². The second-order valence-corrected chi connectivity index (χ2v) is 5.33. The van der Waals surface area contributed by atoms with Gasteiger partial charge in [0.05, 0.1) is 6.42 Å². The molecule has 2 rings (SSSR count). The number of carbonyl (C=O) groups is 2. The standard InChI is InChI=1S/C12H15NO3S/c1-8(12(15)16)13(9-4-5-9)11(14)7-10-3-2-6-17-10/h2-3,6,8-9H,4-5,7H2,1H3,(H,15,16). The van der Waals surface area contributed by atoms with E-state index in [0.29, 0.717) is 6.42 Å². The Kier molecular flexibility index (Phi) is 3.47. The molecule has 0 aliphatic heterocycles. The number of aliphatic carboxylic acids is 1. The Morgan fingerprint density at radius 3 is 2.76 bits per heavy atom. The predicted molar refractivity (Wildman–Crippen MR) is 65.0 cm³/mol. The summed E-state index contributed by atoms with van der Waals surface area (Å²) in [5, 5.41) is 10.9. The van der Waals surface area contributed by atoms with E-state index in [1.54, 1.807) is 6.92 Å². The van der Waals surface area contributed by atoms with Crippen LogP contribution in [-0.4, -0.2) is 34.0 Å². The number of carboxylic acids is 1. The van der Waals surface area contributed by atoms with Crippen molar-refractivity contribution < 1.29 is 14.7 Å². The molecule has 1 atom stereocenters. The van der Waals surface area contributed by atoms with Crippen LogP contribution >= 0.6 is 11.3 Å². The molecule has 1 amide bonds. The molecular weight excluding hydrogens is 238 g/mol. The summed E-state index contributed by atoms with van der Waals surface area (Å²) in [6, 6.07) is 3.21. The minimum Gasteiger partial charge on any atom is -0.480 e. The van der Waals surface area contributed by atoms with Crippen LogP contribution in [0.5, 0.6) is 0 Å². The van der Waals surface area contributed by atoms with E-state index in [1.165, 1.54) is 16.2 Å². The fourth-order valence-corrected chi connectivity index (χ4v) is 2.56. The minimum absolute atomic E-state index is 0.0788. The predicted octanol–water partition coefficient (Wildman–Crippen LogP) is 1.75. The molecule has 0 saturated heterocycles. The van der Waals surface area contributed by atoms with Gasteiger partial charge in [-0.15, -0.1) is 11.3 Å². The number of hydrogen-bond acceptors (Lipinski definition) is 3. The zero-order valence-electron chi connectivity index (χ0n) is 9.63. The third kappa shape index (κ3) is 2.85. The van der Waals surface area contributed by atoms with Crippen LogP contribution in [0, 0.1) is 0 Å². The second kappa shape index (κ2) is 4.87. The van der Waals surface area contributed by atoms with Crippen molar-refractivity contribution in [2.45, 2.75) is 38.3 Å². The number of thiophene rings is 1. The van der Waals surface area contributed by atoms with E-state index in [4.69, 9.17) is 5.11 Å². The lowest BCUT2D eigenvalue weighted by Gasteiger charge is -2.26. The van der Waals surface area contributed by atoms with Crippen LogP contribution in [0.2, 0.25) is 0 Å². The summed E-state index contributed by atoms with van der Waals surface area (Å²) in [5.74, 6) is -1.01. The SMILES string of the molecule is CC(C(=O)O)N(C(=O)Cc1cccs1)C1CC1. The van der Waals surface area contributed by atoms with Gasteiger partial charge in [0.1, 0.15) is 6.04 Å². The fourth-order valence-electron chi connectivity index (χ4n) is 1.86. The highest BCUT2D eigenvalue weighted by Gasteiger charge is 2.38. The summed E-state index contributed by atoms with van der Waals surface area (Å²) in [7, 11) is 0. The maximum absolute atomic E-state index is 12.1. The summed E-state index contributed by atoms with van der Waals surface area (Å²) in [6.45, 7) is 1.58. The Hall–Kier alpha value is -1.36. The zero-order chi connectivity index (χ0) is 12.4. The Morgan fingerprint density at radius 1 is 1.59 bits per heavy atom.